The highest BCUT2D eigenvalue weighted by Gasteiger charge is 2.41. The molecule has 3 heteroatoms. The molecule has 0 unspecified atom stereocenters. The maximum atomic E-state index is 6.09. The van der Waals surface area contributed by atoms with Crippen LogP contribution < -0.4 is 0 Å². The van der Waals surface area contributed by atoms with E-state index in [1.807, 2.05) is 17.8 Å². The third-order valence-electron chi connectivity index (χ3n) is 3.68. The van der Waals surface area contributed by atoms with Gasteiger partial charge in [-0.1, -0.05) is 30.3 Å². The Morgan fingerprint density at radius 1 is 1.39 bits per heavy atom. The average Bonchev–Trinajstić information content (AvgIpc) is 2.36. The van der Waals surface area contributed by atoms with Gasteiger partial charge >= 0.3 is 0 Å². The van der Waals surface area contributed by atoms with Gasteiger partial charge in [-0.05, 0) is 12.5 Å². The standard InChI is InChI=1S/C15H20O2S/c1-15-8-13(7-14(17-15)10-18-11-15)16-9-12-5-3-2-4-6-12/h2-6,13-14H,7-11H2,1H3/t13-,14-,15+/m0/s1. The Kier molecular flexibility index (Phi) is 3.64. The lowest BCUT2D eigenvalue weighted by Crippen LogP contribution is -2.50. The van der Waals surface area contributed by atoms with Crippen LogP contribution in [-0.4, -0.2) is 29.3 Å². The second kappa shape index (κ2) is 5.24. The molecule has 2 aliphatic rings. The quantitative estimate of drug-likeness (QED) is 0.835. The zero-order valence-electron chi connectivity index (χ0n) is 10.8. The van der Waals surface area contributed by atoms with Gasteiger partial charge in [0.05, 0.1) is 24.4 Å². The van der Waals surface area contributed by atoms with Crippen LogP contribution in [0.4, 0.5) is 0 Å². The van der Waals surface area contributed by atoms with Crippen molar-refractivity contribution in [1.82, 2.24) is 0 Å². The van der Waals surface area contributed by atoms with Crippen molar-refractivity contribution >= 4 is 11.8 Å². The summed E-state index contributed by atoms with van der Waals surface area (Å²) in [5.74, 6) is 2.23. The fourth-order valence-electron chi connectivity index (χ4n) is 2.87. The minimum absolute atomic E-state index is 0.0349. The van der Waals surface area contributed by atoms with Crippen molar-refractivity contribution in [2.45, 2.75) is 44.2 Å². The molecule has 0 saturated carbocycles. The number of rotatable bonds is 3. The molecule has 1 aromatic rings. The Morgan fingerprint density at radius 3 is 3.00 bits per heavy atom. The number of ether oxygens (including phenoxy) is 2. The molecule has 0 aromatic heterocycles. The molecular formula is C15H20O2S. The van der Waals surface area contributed by atoms with Crippen LogP contribution in [0.15, 0.2) is 30.3 Å². The van der Waals surface area contributed by atoms with Crippen LogP contribution in [0.1, 0.15) is 25.3 Å². The number of hydrogen-bond acceptors (Lipinski definition) is 3. The molecule has 2 nitrogen and oxygen atoms in total. The topological polar surface area (TPSA) is 18.5 Å². The van der Waals surface area contributed by atoms with Crippen molar-refractivity contribution in [3.63, 3.8) is 0 Å². The molecule has 0 aliphatic carbocycles. The fraction of sp³-hybridized carbons (Fsp3) is 0.600. The normalized spacial score (nSPS) is 35.4. The lowest BCUT2D eigenvalue weighted by Gasteiger charge is -2.45. The highest BCUT2D eigenvalue weighted by molar-refractivity contribution is 7.99. The summed E-state index contributed by atoms with van der Waals surface area (Å²) in [5, 5.41) is 0. The first-order valence-corrected chi connectivity index (χ1v) is 7.80. The van der Waals surface area contributed by atoms with E-state index in [9.17, 15) is 0 Å². The Bertz CT molecular complexity index is 395. The van der Waals surface area contributed by atoms with Crippen LogP contribution in [0.2, 0.25) is 0 Å². The van der Waals surface area contributed by atoms with E-state index in [-0.39, 0.29) is 5.60 Å². The molecule has 2 fully saturated rings. The Hall–Kier alpha value is -0.510. The van der Waals surface area contributed by atoms with E-state index in [2.05, 4.69) is 31.2 Å². The van der Waals surface area contributed by atoms with E-state index in [0.29, 0.717) is 12.2 Å². The zero-order valence-corrected chi connectivity index (χ0v) is 11.6. The molecule has 0 amide bonds. The molecule has 0 spiro atoms. The summed E-state index contributed by atoms with van der Waals surface area (Å²) in [6, 6.07) is 10.4. The van der Waals surface area contributed by atoms with Crippen molar-refractivity contribution < 1.29 is 9.47 Å². The maximum absolute atomic E-state index is 6.09. The van der Waals surface area contributed by atoms with Gasteiger partial charge in [-0.2, -0.15) is 11.8 Å². The molecule has 2 aliphatic heterocycles. The van der Waals surface area contributed by atoms with Crippen molar-refractivity contribution in [3.05, 3.63) is 35.9 Å². The molecule has 2 bridgehead atoms. The fourth-order valence-corrected chi connectivity index (χ4v) is 4.08. The number of thioether (sulfide) groups is 1. The average molecular weight is 264 g/mol. The van der Waals surface area contributed by atoms with E-state index in [1.54, 1.807) is 0 Å². The summed E-state index contributed by atoms with van der Waals surface area (Å²) in [5.41, 5.74) is 1.29. The summed E-state index contributed by atoms with van der Waals surface area (Å²) in [6.07, 6.45) is 2.83. The van der Waals surface area contributed by atoms with Gasteiger partial charge in [-0.3, -0.25) is 0 Å². The summed E-state index contributed by atoms with van der Waals surface area (Å²) in [7, 11) is 0. The van der Waals surface area contributed by atoms with Crippen molar-refractivity contribution in [2.75, 3.05) is 11.5 Å². The highest BCUT2D eigenvalue weighted by atomic mass is 32.2. The SMILES string of the molecule is C[C@]12CSC[C@H](C[C@H](OCc3ccccc3)C1)O2. The summed E-state index contributed by atoms with van der Waals surface area (Å²) < 4.78 is 12.2. The van der Waals surface area contributed by atoms with Gasteiger partial charge < -0.3 is 9.47 Å². The maximum Gasteiger partial charge on any atom is 0.0773 e. The first-order valence-electron chi connectivity index (χ1n) is 6.65. The number of hydrogen-bond donors (Lipinski definition) is 0. The van der Waals surface area contributed by atoms with E-state index in [0.717, 1.165) is 31.0 Å². The van der Waals surface area contributed by atoms with Gasteiger partial charge in [0.25, 0.3) is 0 Å². The Labute approximate surface area is 113 Å². The van der Waals surface area contributed by atoms with Crippen LogP contribution in [0.5, 0.6) is 0 Å². The summed E-state index contributed by atoms with van der Waals surface area (Å²) in [6.45, 7) is 2.95. The van der Waals surface area contributed by atoms with Crippen molar-refractivity contribution in [2.24, 2.45) is 0 Å². The van der Waals surface area contributed by atoms with Crippen LogP contribution >= 0.6 is 11.8 Å². The van der Waals surface area contributed by atoms with Crippen LogP contribution in [-0.2, 0) is 16.1 Å². The third-order valence-corrected chi connectivity index (χ3v) is 5.10. The van der Waals surface area contributed by atoms with Gasteiger partial charge in [0.2, 0.25) is 0 Å². The predicted molar refractivity (Wildman–Crippen MR) is 74.9 cm³/mol. The molecular weight excluding hydrogens is 244 g/mol. The predicted octanol–water partition coefficient (Wildman–Crippen LogP) is 3.26. The van der Waals surface area contributed by atoms with Crippen LogP contribution in [0.3, 0.4) is 0 Å². The van der Waals surface area contributed by atoms with Crippen molar-refractivity contribution in [3.8, 4) is 0 Å². The van der Waals surface area contributed by atoms with Gasteiger partial charge in [-0.15, -0.1) is 0 Å². The molecule has 0 radical (unpaired) electrons. The minimum Gasteiger partial charge on any atom is -0.373 e. The van der Waals surface area contributed by atoms with E-state index >= 15 is 0 Å². The summed E-state index contributed by atoms with van der Waals surface area (Å²) >= 11 is 2.02. The first-order chi connectivity index (χ1) is 8.73. The van der Waals surface area contributed by atoms with Gasteiger partial charge in [0.1, 0.15) is 0 Å². The molecule has 3 atom stereocenters. The molecule has 98 valence electrons. The second-order valence-corrected chi connectivity index (χ2v) is 6.59. The van der Waals surface area contributed by atoms with Gasteiger partial charge in [0, 0.05) is 24.3 Å². The molecule has 0 N–H and O–H groups in total. The smallest absolute Gasteiger partial charge is 0.0773 e. The molecule has 1 aromatic carbocycles. The van der Waals surface area contributed by atoms with Crippen molar-refractivity contribution in [1.29, 1.82) is 0 Å². The third kappa shape index (κ3) is 2.90. The number of benzene rings is 1. The Morgan fingerprint density at radius 2 is 2.22 bits per heavy atom. The number of fused-ring (bicyclic) bond motifs is 2. The van der Waals surface area contributed by atoms with Crippen LogP contribution in [0, 0.1) is 0 Å². The van der Waals surface area contributed by atoms with E-state index in [4.69, 9.17) is 9.47 Å². The van der Waals surface area contributed by atoms with Gasteiger partial charge in [0.15, 0.2) is 0 Å². The molecule has 2 heterocycles. The lowest BCUT2D eigenvalue weighted by molar-refractivity contribution is -0.154. The monoisotopic (exact) mass is 264 g/mol. The van der Waals surface area contributed by atoms with E-state index in [1.165, 1.54) is 5.56 Å². The Balaban J connectivity index is 1.57. The lowest BCUT2D eigenvalue weighted by atomic mass is 9.92. The van der Waals surface area contributed by atoms with Crippen LogP contribution in [0.25, 0.3) is 0 Å². The minimum atomic E-state index is 0.0349. The zero-order chi connectivity index (χ0) is 12.4. The molecule has 3 rings (SSSR count). The second-order valence-electron chi connectivity index (χ2n) is 5.56. The van der Waals surface area contributed by atoms with Gasteiger partial charge in [-0.25, -0.2) is 0 Å². The molecule has 2 saturated heterocycles. The first kappa shape index (κ1) is 12.5. The highest BCUT2D eigenvalue weighted by Crippen LogP contribution is 2.38. The molecule has 18 heavy (non-hydrogen) atoms. The van der Waals surface area contributed by atoms with E-state index < -0.39 is 0 Å². The summed E-state index contributed by atoms with van der Waals surface area (Å²) in [4.78, 5) is 0. The largest absolute Gasteiger partial charge is 0.373 e.